The van der Waals surface area contributed by atoms with Gasteiger partial charge in [0.1, 0.15) is 0 Å². The Morgan fingerprint density at radius 1 is 0.917 bits per heavy atom. The van der Waals surface area contributed by atoms with Gasteiger partial charge in [0.2, 0.25) is 5.82 Å². The fourth-order valence-electron chi connectivity index (χ4n) is 3.97. The fourth-order valence-corrected chi connectivity index (χ4v) is 3.97. The number of rotatable bonds is 5. The summed E-state index contributed by atoms with van der Waals surface area (Å²) in [5.41, 5.74) is 8.16. The van der Waals surface area contributed by atoms with Crippen molar-refractivity contribution in [3.8, 4) is 17.1 Å². The summed E-state index contributed by atoms with van der Waals surface area (Å²) in [5.74, 6) is -0.757. The van der Waals surface area contributed by atoms with E-state index in [1.165, 1.54) is 0 Å². The molecule has 3 aromatic carbocycles. The molecule has 1 fully saturated rings. The van der Waals surface area contributed by atoms with Crippen LogP contribution >= 0.6 is 0 Å². The molecule has 3 N–H and O–H groups in total. The van der Waals surface area contributed by atoms with E-state index in [1.54, 1.807) is 27.8 Å². The van der Waals surface area contributed by atoms with E-state index in [1.807, 2.05) is 67.6 Å². The van der Waals surface area contributed by atoms with E-state index in [4.69, 9.17) is 0 Å². The number of aryl methyl sites for hydroxylation is 1. The third-order valence-corrected chi connectivity index (χ3v) is 5.74. The molecule has 10 heteroatoms. The molecule has 36 heavy (non-hydrogen) atoms. The molecule has 10 nitrogen and oxygen atoms in total. The molecule has 4 aromatic rings. The molecule has 2 heterocycles. The Kier molecular flexibility index (Phi) is 6.14. The van der Waals surface area contributed by atoms with Crippen molar-refractivity contribution in [1.29, 1.82) is 0 Å². The zero-order valence-corrected chi connectivity index (χ0v) is 19.4. The van der Waals surface area contributed by atoms with Gasteiger partial charge in [-0.1, -0.05) is 48.5 Å². The van der Waals surface area contributed by atoms with Gasteiger partial charge >= 0.3 is 11.9 Å². The van der Waals surface area contributed by atoms with E-state index in [2.05, 4.69) is 26.3 Å². The first kappa shape index (κ1) is 22.8. The highest BCUT2D eigenvalue weighted by atomic mass is 16.2. The highest BCUT2D eigenvalue weighted by Gasteiger charge is 2.23. The average molecular weight is 482 g/mol. The van der Waals surface area contributed by atoms with Crippen LogP contribution in [0, 0.1) is 6.92 Å². The first-order valence-electron chi connectivity index (χ1n) is 11.4. The summed E-state index contributed by atoms with van der Waals surface area (Å²) < 4.78 is 1.59. The SMILES string of the molecule is Cc1cc(C(=O)NNC(=O)c2nc(-c3ccccc3)n(-c3ccccc3)n2)ccc1N1CCNC1=O. The van der Waals surface area contributed by atoms with Gasteiger partial charge in [0, 0.05) is 29.9 Å². The lowest BCUT2D eigenvalue weighted by atomic mass is 10.1. The van der Waals surface area contributed by atoms with Crippen molar-refractivity contribution in [2.75, 3.05) is 18.0 Å². The van der Waals surface area contributed by atoms with Crippen LogP contribution in [0.5, 0.6) is 0 Å². The molecule has 1 aromatic heterocycles. The number of benzene rings is 3. The molecule has 1 aliphatic heterocycles. The number of amides is 4. The Morgan fingerprint density at radius 2 is 1.61 bits per heavy atom. The lowest BCUT2D eigenvalue weighted by Gasteiger charge is -2.17. The van der Waals surface area contributed by atoms with Crippen molar-refractivity contribution in [3.63, 3.8) is 0 Å². The van der Waals surface area contributed by atoms with Crippen molar-refractivity contribution in [1.82, 2.24) is 30.9 Å². The van der Waals surface area contributed by atoms with Crippen LogP contribution in [0.3, 0.4) is 0 Å². The van der Waals surface area contributed by atoms with Gasteiger partial charge in [-0.2, -0.15) is 0 Å². The summed E-state index contributed by atoms with van der Waals surface area (Å²) in [7, 11) is 0. The average Bonchev–Trinajstić information content (AvgIpc) is 3.55. The Balaban J connectivity index is 1.32. The topological polar surface area (TPSA) is 121 Å². The van der Waals surface area contributed by atoms with Crippen LogP contribution in [0.4, 0.5) is 10.5 Å². The summed E-state index contributed by atoms with van der Waals surface area (Å²) in [5, 5.41) is 7.14. The number of carbonyl (C=O) groups is 3. The number of nitrogens with zero attached hydrogens (tertiary/aromatic N) is 4. The van der Waals surface area contributed by atoms with E-state index in [0.717, 1.165) is 22.5 Å². The lowest BCUT2D eigenvalue weighted by Crippen LogP contribution is -2.42. The molecule has 4 amide bonds. The maximum Gasteiger partial charge on any atom is 0.322 e. The van der Waals surface area contributed by atoms with Crippen LogP contribution in [-0.4, -0.2) is 45.7 Å². The van der Waals surface area contributed by atoms with Gasteiger partial charge in [-0.3, -0.25) is 25.3 Å². The Bertz CT molecular complexity index is 1380. The third-order valence-electron chi connectivity index (χ3n) is 5.74. The quantitative estimate of drug-likeness (QED) is 0.379. The van der Waals surface area contributed by atoms with Crippen LogP contribution in [-0.2, 0) is 0 Å². The predicted molar refractivity (Wildman–Crippen MR) is 134 cm³/mol. The van der Waals surface area contributed by atoms with Crippen LogP contribution in [0.2, 0.25) is 0 Å². The van der Waals surface area contributed by atoms with Gasteiger partial charge in [-0.25, -0.2) is 14.5 Å². The molecule has 1 saturated heterocycles. The van der Waals surface area contributed by atoms with Gasteiger partial charge < -0.3 is 5.32 Å². The van der Waals surface area contributed by atoms with E-state index >= 15 is 0 Å². The number of hydrazine groups is 1. The molecule has 1 aliphatic rings. The Hall–Kier alpha value is -4.99. The molecule has 0 atom stereocenters. The summed E-state index contributed by atoms with van der Waals surface area (Å²) in [6.07, 6.45) is 0. The van der Waals surface area contributed by atoms with Crippen molar-refractivity contribution in [3.05, 3.63) is 95.8 Å². The minimum atomic E-state index is -0.655. The van der Waals surface area contributed by atoms with E-state index in [9.17, 15) is 14.4 Å². The second-order valence-corrected chi connectivity index (χ2v) is 8.17. The standard InChI is InChI=1S/C26H23N7O3/c1-17-16-19(12-13-21(17)32-15-14-27-26(32)36)24(34)29-30-25(35)22-28-23(18-8-4-2-5-9-18)33(31-22)20-10-6-3-7-11-20/h2-13,16H,14-15H2,1H3,(H,27,36)(H,29,34)(H,30,35). The second kappa shape index (κ2) is 9.71. The first-order valence-corrected chi connectivity index (χ1v) is 11.4. The van der Waals surface area contributed by atoms with Crippen LogP contribution in [0.1, 0.15) is 26.5 Å². The molecule has 0 saturated carbocycles. The van der Waals surface area contributed by atoms with Gasteiger partial charge in [-0.05, 0) is 42.8 Å². The number of anilines is 1. The number of urea groups is 1. The third kappa shape index (κ3) is 4.51. The van der Waals surface area contributed by atoms with Crippen molar-refractivity contribution in [2.24, 2.45) is 0 Å². The summed E-state index contributed by atoms with van der Waals surface area (Å²) in [4.78, 5) is 43.5. The minimum Gasteiger partial charge on any atom is -0.336 e. The minimum absolute atomic E-state index is 0.0930. The van der Waals surface area contributed by atoms with Gasteiger partial charge in [0.15, 0.2) is 5.82 Å². The smallest absolute Gasteiger partial charge is 0.322 e. The van der Waals surface area contributed by atoms with Crippen molar-refractivity contribution >= 4 is 23.5 Å². The number of hydrogen-bond donors (Lipinski definition) is 3. The number of hydrogen-bond acceptors (Lipinski definition) is 5. The molecule has 0 unspecified atom stereocenters. The maximum atomic E-state index is 12.8. The normalized spacial score (nSPS) is 12.8. The van der Waals surface area contributed by atoms with Crippen LogP contribution < -0.4 is 21.1 Å². The Labute approximate surface area is 206 Å². The fraction of sp³-hybridized carbons (Fsp3) is 0.115. The lowest BCUT2D eigenvalue weighted by molar-refractivity contribution is 0.0841. The molecule has 5 rings (SSSR count). The van der Waals surface area contributed by atoms with Crippen molar-refractivity contribution in [2.45, 2.75) is 6.92 Å². The first-order chi connectivity index (χ1) is 17.5. The zero-order chi connectivity index (χ0) is 25.1. The zero-order valence-electron chi connectivity index (χ0n) is 19.4. The summed E-state index contributed by atoms with van der Waals surface area (Å²) in [6.45, 7) is 2.96. The summed E-state index contributed by atoms with van der Waals surface area (Å²) in [6, 6.07) is 23.6. The second-order valence-electron chi connectivity index (χ2n) is 8.17. The highest BCUT2D eigenvalue weighted by molar-refractivity contribution is 5.99. The maximum absolute atomic E-state index is 12.8. The van der Waals surface area contributed by atoms with E-state index < -0.39 is 11.8 Å². The van der Waals surface area contributed by atoms with Crippen LogP contribution in [0.15, 0.2) is 78.9 Å². The highest BCUT2D eigenvalue weighted by Crippen LogP contribution is 2.23. The molecule has 0 spiro atoms. The summed E-state index contributed by atoms with van der Waals surface area (Å²) >= 11 is 0. The number of para-hydroxylation sites is 1. The van der Waals surface area contributed by atoms with E-state index in [0.29, 0.717) is 24.5 Å². The van der Waals surface area contributed by atoms with Gasteiger partial charge in [0.05, 0.1) is 5.69 Å². The predicted octanol–water partition coefficient (Wildman–Crippen LogP) is 2.85. The molecular weight excluding hydrogens is 458 g/mol. The molecule has 0 radical (unpaired) electrons. The monoisotopic (exact) mass is 481 g/mol. The Morgan fingerprint density at radius 3 is 2.28 bits per heavy atom. The van der Waals surface area contributed by atoms with Gasteiger partial charge in [-0.15, -0.1) is 5.10 Å². The molecule has 0 bridgehead atoms. The molecule has 0 aliphatic carbocycles. The molecule has 180 valence electrons. The van der Waals surface area contributed by atoms with Crippen molar-refractivity contribution < 1.29 is 14.4 Å². The number of aromatic nitrogens is 3. The molecular formula is C26H23N7O3. The number of nitrogens with one attached hydrogen (secondary N) is 3. The largest absolute Gasteiger partial charge is 0.336 e. The number of carbonyl (C=O) groups excluding carboxylic acids is 3. The van der Waals surface area contributed by atoms with Crippen LogP contribution in [0.25, 0.3) is 17.1 Å². The van der Waals surface area contributed by atoms with E-state index in [-0.39, 0.29) is 11.9 Å². The van der Waals surface area contributed by atoms with Gasteiger partial charge in [0.25, 0.3) is 5.91 Å².